The number of nitrogens with zero attached hydrogens (tertiary/aromatic N) is 3. The van der Waals surface area contributed by atoms with E-state index in [1.807, 2.05) is 0 Å². The van der Waals surface area contributed by atoms with Crippen LogP contribution in [-0.2, 0) is 19.3 Å². The molecule has 2 aromatic heterocycles. The highest BCUT2D eigenvalue weighted by Crippen LogP contribution is 2.51. The van der Waals surface area contributed by atoms with Gasteiger partial charge in [-0.1, -0.05) is 151 Å². The molecule has 5 atom stereocenters. The Balaban J connectivity index is 1.01. The summed E-state index contributed by atoms with van der Waals surface area (Å²) < 4.78 is 2.66. The van der Waals surface area contributed by atoms with E-state index in [1.54, 1.807) is 4.88 Å². The van der Waals surface area contributed by atoms with Crippen molar-refractivity contribution in [3.05, 3.63) is 183 Å². The van der Waals surface area contributed by atoms with Crippen molar-refractivity contribution in [3.63, 3.8) is 0 Å². The van der Waals surface area contributed by atoms with Crippen molar-refractivity contribution in [2.75, 3.05) is 0 Å². The number of hydrogen-bond acceptors (Lipinski definition) is 4. The first-order chi connectivity index (χ1) is 27.8. The lowest BCUT2D eigenvalue weighted by Crippen LogP contribution is -2.44. The minimum absolute atomic E-state index is 0.0853. The van der Waals surface area contributed by atoms with Gasteiger partial charge in [-0.15, -0.1) is 11.3 Å². The van der Waals surface area contributed by atoms with Crippen LogP contribution in [0.4, 0.5) is 0 Å². The van der Waals surface area contributed by atoms with Crippen molar-refractivity contribution in [2.45, 2.75) is 63.6 Å². The molecule has 1 N–H and O–H groups in total. The summed E-state index contributed by atoms with van der Waals surface area (Å²) in [5.41, 5.74) is 12.7. The van der Waals surface area contributed by atoms with Crippen LogP contribution in [0.5, 0.6) is 0 Å². The maximum absolute atomic E-state index is 5.38. The third-order valence-electron chi connectivity index (χ3n) is 12.9. The molecule has 11 rings (SSSR count). The number of rotatable bonds is 6. The van der Waals surface area contributed by atoms with Gasteiger partial charge in [0.05, 0.1) is 6.04 Å². The topological polar surface area (TPSA) is 41.7 Å². The maximum Gasteiger partial charge on any atom is 0.159 e. The summed E-state index contributed by atoms with van der Waals surface area (Å²) in [6, 6.07) is 20.0. The van der Waals surface area contributed by atoms with Crippen LogP contribution in [0.3, 0.4) is 0 Å². The summed E-state index contributed by atoms with van der Waals surface area (Å²) in [7, 11) is 0. The zero-order valence-corrected chi connectivity index (χ0v) is 32.5. The van der Waals surface area contributed by atoms with E-state index in [9.17, 15) is 0 Å². The van der Waals surface area contributed by atoms with Gasteiger partial charge in [0, 0.05) is 66.4 Å². The number of amidine groups is 2. The average Bonchev–Trinajstić information content (AvgIpc) is 3.82. The Morgan fingerprint density at radius 3 is 2.34 bits per heavy atom. The van der Waals surface area contributed by atoms with Crippen molar-refractivity contribution in [3.8, 4) is 11.1 Å². The minimum atomic E-state index is -0.0853. The van der Waals surface area contributed by atoms with E-state index in [4.69, 9.17) is 9.98 Å². The normalized spacial score (nSPS) is 26.1. The van der Waals surface area contributed by atoms with Gasteiger partial charge in [-0.2, -0.15) is 0 Å². The van der Waals surface area contributed by atoms with E-state index in [-0.39, 0.29) is 12.1 Å². The molecule has 0 saturated heterocycles. The molecule has 5 heteroatoms. The number of aliphatic imine (C=N–C) groups is 2. The summed E-state index contributed by atoms with van der Waals surface area (Å²) in [6.07, 6.45) is 43.0. The van der Waals surface area contributed by atoms with Gasteiger partial charge in [0.15, 0.2) is 5.84 Å². The highest BCUT2D eigenvalue weighted by molar-refractivity contribution is 7.12. The SMILES string of the molecule is C1=CCC(C2=CC(C3=NC(c4ccccc4)=NC(C4C=CC=CC4)N3)=C(C3C=Cc4c(sc5c4-c4c(n(C6C=CC=CC6)c6ccccc46)CC5)C3)CC2)C=C1. The summed E-state index contributed by atoms with van der Waals surface area (Å²) in [6.45, 7) is 0. The number of thiophene rings is 1. The molecule has 7 aliphatic rings. The number of aryl methyl sites for hydroxylation is 1. The second kappa shape index (κ2) is 14.2. The molecule has 0 amide bonds. The molecule has 0 saturated carbocycles. The second-order valence-electron chi connectivity index (χ2n) is 16.1. The fourth-order valence-electron chi connectivity index (χ4n) is 10.1. The maximum atomic E-state index is 5.38. The summed E-state index contributed by atoms with van der Waals surface area (Å²) >= 11 is 2.08. The fraction of sp³-hybridized carbons (Fsp3) is 0.255. The van der Waals surface area contributed by atoms with Crippen molar-refractivity contribution in [2.24, 2.45) is 27.7 Å². The third-order valence-corrected chi connectivity index (χ3v) is 14.2. The van der Waals surface area contributed by atoms with Gasteiger partial charge >= 0.3 is 0 Å². The van der Waals surface area contributed by atoms with Crippen LogP contribution in [0.2, 0.25) is 0 Å². The number of aromatic nitrogens is 1. The zero-order valence-electron chi connectivity index (χ0n) is 31.6. The van der Waals surface area contributed by atoms with E-state index >= 15 is 0 Å². The Morgan fingerprint density at radius 2 is 1.52 bits per heavy atom. The molecule has 0 spiro atoms. The molecule has 0 bridgehead atoms. The largest absolute Gasteiger partial charge is 0.347 e. The van der Waals surface area contributed by atoms with Crippen molar-refractivity contribution >= 4 is 40.0 Å². The fourth-order valence-corrected chi connectivity index (χ4v) is 11.5. The Hall–Kier alpha value is -5.52. The van der Waals surface area contributed by atoms with E-state index < -0.39 is 0 Å². The molecule has 0 fully saturated rings. The van der Waals surface area contributed by atoms with Gasteiger partial charge < -0.3 is 9.88 Å². The first-order valence-electron chi connectivity index (χ1n) is 20.6. The van der Waals surface area contributed by atoms with E-state index in [0.29, 0.717) is 17.9 Å². The third kappa shape index (κ3) is 5.87. The van der Waals surface area contributed by atoms with Gasteiger partial charge in [-0.3, -0.25) is 0 Å². The molecule has 6 aliphatic carbocycles. The van der Waals surface area contributed by atoms with Gasteiger partial charge in [-0.25, -0.2) is 9.98 Å². The Labute approximate surface area is 333 Å². The number of fused-ring (bicyclic) bond motifs is 7. The Kier molecular flexibility index (Phi) is 8.57. The standard InChI is InChI=1S/C51H46N4S/c1-5-15-33(16-6-1)36-25-27-39(42(31-36)51-53-49(34-17-7-2-8-18-34)52-50(54-51)35-19-9-3-10-20-35)37-26-28-41-46(32-37)56-45-30-29-44-47(48(41)45)40-23-13-14-24-43(40)55(44)38-21-11-4-12-22-38/h1-15,17-19,21,23-24,26,28,31,33,35,37-38,50H,16,20,22,25,27,29-30,32H2,(H,52,53,54). The molecule has 56 heavy (non-hydrogen) atoms. The number of hydrogen-bond donors (Lipinski definition) is 1. The molecular formula is C51H46N4S. The molecule has 1 aliphatic heterocycles. The van der Waals surface area contributed by atoms with Crippen molar-refractivity contribution in [1.82, 2.24) is 9.88 Å². The van der Waals surface area contributed by atoms with Crippen LogP contribution in [0.15, 0.2) is 166 Å². The minimum Gasteiger partial charge on any atom is -0.347 e. The quantitative estimate of drug-likeness (QED) is 0.210. The predicted octanol–water partition coefficient (Wildman–Crippen LogP) is 11.8. The molecule has 3 heterocycles. The second-order valence-corrected chi connectivity index (χ2v) is 17.3. The van der Waals surface area contributed by atoms with Gasteiger partial charge in [0.1, 0.15) is 12.0 Å². The van der Waals surface area contributed by atoms with E-state index in [1.165, 1.54) is 54.9 Å². The van der Waals surface area contributed by atoms with Crippen LogP contribution < -0.4 is 5.32 Å². The van der Waals surface area contributed by atoms with E-state index in [2.05, 4.69) is 167 Å². The summed E-state index contributed by atoms with van der Waals surface area (Å²) in [5.74, 6) is 2.81. The number of benzene rings is 2. The van der Waals surface area contributed by atoms with Crippen LogP contribution in [0, 0.1) is 17.8 Å². The van der Waals surface area contributed by atoms with Crippen LogP contribution in [-0.4, -0.2) is 22.4 Å². The monoisotopic (exact) mass is 746 g/mol. The molecule has 276 valence electrons. The van der Waals surface area contributed by atoms with Crippen molar-refractivity contribution < 1.29 is 0 Å². The predicted molar refractivity (Wildman–Crippen MR) is 235 cm³/mol. The molecular weight excluding hydrogens is 701 g/mol. The molecule has 4 nitrogen and oxygen atoms in total. The van der Waals surface area contributed by atoms with Crippen molar-refractivity contribution in [1.29, 1.82) is 0 Å². The average molecular weight is 747 g/mol. The lowest BCUT2D eigenvalue weighted by Gasteiger charge is -2.33. The highest BCUT2D eigenvalue weighted by Gasteiger charge is 2.35. The highest BCUT2D eigenvalue weighted by atomic mass is 32.1. The zero-order chi connectivity index (χ0) is 37.0. The summed E-state index contributed by atoms with van der Waals surface area (Å²) in [4.78, 5) is 13.7. The first-order valence-corrected chi connectivity index (χ1v) is 21.5. The smallest absolute Gasteiger partial charge is 0.159 e. The van der Waals surface area contributed by atoms with Crippen LogP contribution in [0.25, 0.3) is 28.1 Å². The van der Waals surface area contributed by atoms with Gasteiger partial charge in [0.2, 0.25) is 0 Å². The summed E-state index contributed by atoms with van der Waals surface area (Å²) in [5, 5.41) is 5.31. The molecule has 0 radical (unpaired) electrons. The Bertz CT molecular complexity index is 2590. The number of para-hydroxylation sites is 1. The van der Waals surface area contributed by atoms with Gasteiger partial charge in [-0.05, 0) is 63.0 Å². The lowest BCUT2D eigenvalue weighted by atomic mass is 9.76. The molecule has 4 aromatic rings. The number of nitrogens with one attached hydrogen (secondary N) is 1. The van der Waals surface area contributed by atoms with E-state index in [0.717, 1.165) is 68.6 Å². The molecule has 5 unspecified atom stereocenters. The van der Waals surface area contributed by atoms with Crippen LogP contribution in [0.1, 0.15) is 64.7 Å². The van der Waals surface area contributed by atoms with Gasteiger partial charge in [0.25, 0.3) is 0 Å². The number of allylic oxidation sites excluding steroid dienone is 14. The first kappa shape index (κ1) is 33.8. The molecule has 2 aromatic carbocycles. The van der Waals surface area contributed by atoms with Crippen LogP contribution >= 0.6 is 11.3 Å². The lowest BCUT2D eigenvalue weighted by molar-refractivity contribution is 0.475. The Morgan fingerprint density at radius 1 is 0.696 bits per heavy atom.